The fraction of sp³-hybridized carbons (Fsp3) is 0.706. The van der Waals surface area contributed by atoms with Crippen molar-refractivity contribution in [3.63, 3.8) is 0 Å². The average molecular weight is 310 g/mol. The Bertz CT molecular complexity index is 468. The number of nitrogens with zero attached hydrogens (tertiary/aromatic N) is 2. The fourth-order valence-electron chi connectivity index (χ4n) is 2.72. The number of aromatic nitrogens is 1. The lowest BCUT2D eigenvalue weighted by Gasteiger charge is -2.29. The van der Waals surface area contributed by atoms with Gasteiger partial charge in [0, 0.05) is 24.7 Å². The fourth-order valence-corrected chi connectivity index (χ4v) is 2.89. The van der Waals surface area contributed by atoms with Crippen LogP contribution in [0.4, 0.5) is 5.82 Å². The molecule has 0 aliphatic carbocycles. The first-order valence-electron chi connectivity index (χ1n) is 8.04. The van der Waals surface area contributed by atoms with E-state index >= 15 is 0 Å². The second kappa shape index (κ2) is 6.97. The van der Waals surface area contributed by atoms with Gasteiger partial charge in [-0.25, -0.2) is 4.98 Å². The van der Waals surface area contributed by atoms with Crippen molar-refractivity contribution in [2.45, 2.75) is 71.5 Å². The van der Waals surface area contributed by atoms with E-state index in [4.69, 9.17) is 16.6 Å². The van der Waals surface area contributed by atoms with Crippen LogP contribution in [0.25, 0.3) is 0 Å². The Morgan fingerprint density at radius 2 is 2.05 bits per heavy atom. The molecule has 0 spiro atoms. The van der Waals surface area contributed by atoms with E-state index in [9.17, 15) is 0 Å². The minimum absolute atomic E-state index is 0.0664. The van der Waals surface area contributed by atoms with Crippen LogP contribution in [0.2, 0.25) is 5.02 Å². The highest BCUT2D eigenvalue weighted by atomic mass is 35.5. The van der Waals surface area contributed by atoms with Gasteiger partial charge in [-0.2, -0.15) is 0 Å². The molecule has 2 rings (SSSR count). The van der Waals surface area contributed by atoms with Crippen LogP contribution in [0.1, 0.15) is 59.1 Å². The molecule has 1 aromatic heterocycles. The van der Waals surface area contributed by atoms with E-state index in [2.05, 4.69) is 44.0 Å². The van der Waals surface area contributed by atoms with Crippen LogP contribution in [0.15, 0.2) is 12.1 Å². The lowest BCUT2D eigenvalue weighted by atomic mass is 10.1. The van der Waals surface area contributed by atoms with Gasteiger partial charge in [0.1, 0.15) is 5.82 Å². The van der Waals surface area contributed by atoms with Crippen LogP contribution in [-0.4, -0.2) is 23.1 Å². The Hall–Kier alpha value is -0.800. The van der Waals surface area contributed by atoms with Gasteiger partial charge in [0.15, 0.2) is 0 Å². The van der Waals surface area contributed by atoms with Crippen molar-refractivity contribution >= 4 is 17.4 Å². The molecule has 0 bridgehead atoms. The topological polar surface area (TPSA) is 28.2 Å². The second-order valence-electron chi connectivity index (χ2n) is 7.09. The second-order valence-corrected chi connectivity index (χ2v) is 7.50. The number of rotatable bonds is 3. The van der Waals surface area contributed by atoms with Gasteiger partial charge >= 0.3 is 0 Å². The standard InChI is InChI=1S/C17H28ClN3/c1-13-8-6-5-7-11-21(13)16-10-9-14(18)15(20-16)12-19-17(2,3)4/h9-10,13,19H,5-8,11-12H2,1-4H3. The maximum absolute atomic E-state index is 6.31. The highest BCUT2D eigenvalue weighted by Crippen LogP contribution is 2.25. The zero-order valence-electron chi connectivity index (χ0n) is 13.7. The molecule has 1 saturated heterocycles. The van der Waals surface area contributed by atoms with E-state index in [0.29, 0.717) is 12.6 Å². The Balaban J connectivity index is 2.16. The van der Waals surface area contributed by atoms with Gasteiger partial charge in [-0.15, -0.1) is 0 Å². The van der Waals surface area contributed by atoms with Crippen LogP contribution in [0.5, 0.6) is 0 Å². The molecule has 1 fully saturated rings. The maximum atomic E-state index is 6.31. The van der Waals surface area contributed by atoms with Crippen molar-refractivity contribution in [2.24, 2.45) is 0 Å². The summed E-state index contributed by atoms with van der Waals surface area (Å²) in [6, 6.07) is 4.61. The third-order valence-corrected chi connectivity index (χ3v) is 4.38. The first-order valence-corrected chi connectivity index (χ1v) is 8.42. The SMILES string of the molecule is CC1CCCCCN1c1ccc(Cl)c(CNC(C)(C)C)n1. The predicted octanol–water partition coefficient (Wildman–Crippen LogP) is 4.39. The smallest absolute Gasteiger partial charge is 0.129 e. The summed E-state index contributed by atoms with van der Waals surface area (Å²) < 4.78 is 0. The summed E-state index contributed by atoms with van der Waals surface area (Å²) in [4.78, 5) is 7.26. The summed E-state index contributed by atoms with van der Waals surface area (Å²) in [6.45, 7) is 10.6. The van der Waals surface area contributed by atoms with Gasteiger partial charge < -0.3 is 10.2 Å². The molecule has 4 heteroatoms. The van der Waals surface area contributed by atoms with Crippen LogP contribution in [-0.2, 0) is 6.54 Å². The van der Waals surface area contributed by atoms with Gasteiger partial charge in [0.25, 0.3) is 0 Å². The van der Waals surface area contributed by atoms with E-state index in [1.807, 2.05) is 6.07 Å². The quantitative estimate of drug-likeness (QED) is 0.897. The summed E-state index contributed by atoms with van der Waals surface area (Å²) in [5, 5.41) is 4.22. The van der Waals surface area contributed by atoms with E-state index in [-0.39, 0.29) is 5.54 Å². The van der Waals surface area contributed by atoms with Gasteiger partial charge in [0.05, 0.1) is 10.7 Å². The van der Waals surface area contributed by atoms with Crippen LogP contribution < -0.4 is 10.2 Å². The summed E-state index contributed by atoms with van der Waals surface area (Å²) in [6.07, 6.45) is 5.15. The number of anilines is 1. The Kier molecular flexibility index (Phi) is 5.50. The number of pyridine rings is 1. The van der Waals surface area contributed by atoms with E-state index in [1.165, 1.54) is 25.7 Å². The van der Waals surface area contributed by atoms with Gasteiger partial charge in [0.2, 0.25) is 0 Å². The summed E-state index contributed by atoms with van der Waals surface area (Å²) in [5.74, 6) is 1.07. The number of hydrogen-bond donors (Lipinski definition) is 1. The lowest BCUT2D eigenvalue weighted by molar-refractivity contribution is 0.421. The highest BCUT2D eigenvalue weighted by molar-refractivity contribution is 6.31. The summed E-state index contributed by atoms with van der Waals surface area (Å²) in [7, 11) is 0. The molecule has 3 nitrogen and oxygen atoms in total. The first-order chi connectivity index (χ1) is 9.87. The molecule has 1 aliphatic rings. The molecule has 1 N–H and O–H groups in total. The van der Waals surface area contributed by atoms with E-state index < -0.39 is 0 Å². The largest absolute Gasteiger partial charge is 0.354 e. The molecule has 1 aromatic rings. The molecule has 2 heterocycles. The number of hydrogen-bond acceptors (Lipinski definition) is 3. The highest BCUT2D eigenvalue weighted by Gasteiger charge is 2.19. The first kappa shape index (κ1) is 16.6. The van der Waals surface area contributed by atoms with E-state index in [1.54, 1.807) is 0 Å². The minimum atomic E-state index is 0.0664. The molecule has 0 amide bonds. The van der Waals surface area contributed by atoms with Crippen molar-refractivity contribution < 1.29 is 0 Å². The number of nitrogens with one attached hydrogen (secondary N) is 1. The van der Waals surface area contributed by atoms with Crippen molar-refractivity contribution in [2.75, 3.05) is 11.4 Å². The van der Waals surface area contributed by atoms with Crippen LogP contribution in [0, 0.1) is 0 Å². The molecule has 0 saturated carbocycles. The van der Waals surface area contributed by atoms with Crippen molar-refractivity contribution in [1.29, 1.82) is 0 Å². The molecule has 1 unspecified atom stereocenters. The molecule has 1 aliphatic heterocycles. The Labute approximate surface area is 134 Å². The van der Waals surface area contributed by atoms with E-state index in [0.717, 1.165) is 23.1 Å². The monoisotopic (exact) mass is 309 g/mol. The molecule has 0 radical (unpaired) electrons. The summed E-state index contributed by atoms with van der Waals surface area (Å²) in [5.41, 5.74) is 1.01. The molecule has 118 valence electrons. The van der Waals surface area contributed by atoms with Crippen molar-refractivity contribution in [3.8, 4) is 0 Å². The van der Waals surface area contributed by atoms with Crippen molar-refractivity contribution in [3.05, 3.63) is 22.8 Å². The van der Waals surface area contributed by atoms with Crippen molar-refractivity contribution in [1.82, 2.24) is 10.3 Å². The third kappa shape index (κ3) is 4.86. The lowest BCUT2D eigenvalue weighted by Crippen LogP contribution is -2.36. The zero-order chi connectivity index (χ0) is 15.5. The van der Waals surface area contributed by atoms with Gasteiger partial charge in [-0.3, -0.25) is 0 Å². The predicted molar refractivity (Wildman–Crippen MR) is 91.1 cm³/mol. The zero-order valence-corrected chi connectivity index (χ0v) is 14.5. The number of halogens is 1. The Morgan fingerprint density at radius 1 is 1.29 bits per heavy atom. The van der Waals surface area contributed by atoms with Crippen LogP contribution >= 0.6 is 11.6 Å². The Morgan fingerprint density at radius 3 is 2.76 bits per heavy atom. The summed E-state index contributed by atoms with van der Waals surface area (Å²) >= 11 is 6.31. The van der Waals surface area contributed by atoms with Gasteiger partial charge in [-0.05, 0) is 52.7 Å². The normalized spacial score (nSPS) is 20.4. The van der Waals surface area contributed by atoms with Crippen LogP contribution in [0.3, 0.4) is 0 Å². The molecular weight excluding hydrogens is 282 g/mol. The molecular formula is C17H28ClN3. The average Bonchev–Trinajstić information content (AvgIpc) is 2.62. The molecule has 21 heavy (non-hydrogen) atoms. The third-order valence-electron chi connectivity index (χ3n) is 4.04. The molecule has 1 atom stereocenters. The maximum Gasteiger partial charge on any atom is 0.129 e. The molecule has 0 aromatic carbocycles. The van der Waals surface area contributed by atoms with Gasteiger partial charge in [-0.1, -0.05) is 24.4 Å². The minimum Gasteiger partial charge on any atom is -0.354 e.